The van der Waals surface area contributed by atoms with E-state index >= 15 is 0 Å². The molecule has 5 rings (SSSR count). The van der Waals surface area contributed by atoms with Gasteiger partial charge in [0.05, 0.1) is 7.11 Å². The van der Waals surface area contributed by atoms with E-state index in [0.717, 1.165) is 12.1 Å². The van der Waals surface area contributed by atoms with Gasteiger partial charge in [-0.1, -0.05) is 16.7 Å². The van der Waals surface area contributed by atoms with Crippen molar-refractivity contribution in [3.05, 3.63) is 82.9 Å². The van der Waals surface area contributed by atoms with E-state index in [9.17, 15) is 13.6 Å². The highest BCUT2D eigenvalue weighted by Gasteiger charge is 2.40. The summed E-state index contributed by atoms with van der Waals surface area (Å²) in [6.07, 6.45) is 0. The molecule has 0 aliphatic carbocycles. The van der Waals surface area contributed by atoms with Gasteiger partial charge in [0.25, 0.3) is 0 Å². The van der Waals surface area contributed by atoms with Crippen molar-refractivity contribution in [2.24, 2.45) is 0 Å². The Hall–Kier alpha value is -4.18. The number of methoxy groups -OCH3 is 1. The van der Waals surface area contributed by atoms with Crippen LogP contribution in [0.4, 0.5) is 14.8 Å². The lowest BCUT2D eigenvalue weighted by molar-refractivity contribution is -0.119. The first kappa shape index (κ1) is 23.6. The first-order valence-corrected chi connectivity index (χ1v) is 11.2. The third-order valence-corrected chi connectivity index (χ3v) is 5.95. The van der Waals surface area contributed by atoms with Crippen molar-refractivity contribution >= 4 is 23.5 Å². The molecule has 4 aromatic rings. The highest BCUT2D eigenvalue weighted by molar-refractivity contribution is 6.30. The molecule has 36 heavy (non-hydrogen) atoms. The molecule has 0 radical (unpaired) electrons. The van der Waals surface area contributed by atoms with Crippen LogP contribution in [-0.2, 0) is 4.79 Å². The second-order valence-corrected chi connectivity index (χ2v) is 8.41. The highest BCUT2D eigenvalue weighted by Crippen LogP contribution is 2.33. The highest BCUT2D eigenvalue weighted by atomic mass is 35.5. The molecule has 0 saturated carbocycles. The van der Waals surface area contributed by atoms with Gasteiger partial charge >= 0.3 is 6.01 Å². The molecule has 1 aromatic heterocycles. The summed E-state index contributed by atoms with van der Waals surface area (Å²) in [5, 5.41) is 14.0. The van der Waals surface area contributed by atoms with Crippen LogP contribution in [0, 0.1) is 11.6 Å². The normalized spacial score (nSPS) is 17.1. The molecule has 2 atom stereocenters. The molecule has 1 saturated heterocycles. The molecule has 1 fully saturated rings. The van der Waals surface area contributed by atoms with Crippen molar-refractivity contribution in [3.8, 4) is 28.7 Å². The van der Waals surface area contributed by atoms with E-state index in [1.165, 1.54) is 7.11 Å². The van der Waals surface area contributed by atoms with Gasteiger partial charge in [0.15, 0.2) is 0 Å². The van der Waals surface area contributed by atoms with E-state index in [1.54, 1.807) is 48.5 Å². The summed E-state index contributed by atoms with van der Waals surface area (Å²) >= 11 is 5.89. The van der Waals surface area contributed by atoms with E-state index in [1.807, 2.05) is 0 Å². The number of aromatic nitrogens is 2. The lowest BCUT2D eigenvalue weighted by atomic mass is 9.93. The molecule has 1 unspecified atom stereocenters. The molecular weight excluding hydrogens is 494 g/mol. The van der Waals surface area contributed by atoms with Crippen LogP contribution in [0.5, 0.6) is 17.2 Å². The number of nitrogens with one attached hydrogen (secondary N) is 2. The predicted octanol–water partition coefficient (Wildman–Crippen LogP) is 5.16. The van der Waals surface area contributed by atoms with E-state index in [4.69, 9.17) is 25.5 Å². The van der Waals surface area contributed by atoms with Gasteiger partial charge in [-0.25, -0.2) is 8.78 Å². The number of carbonyl (C=O) groups excluding carboxylic acids is 1. The van der Waals surface area contributed by atoms with Gasteiger partial charge < -0.3 is 24.5 Å². The standard InChI is InChI=1S/C25H19ClF2N4O4/c1-34-17-10-19(27)21(20(28)11-17)18-12-29-23(33)22(18)30-25-32-31-24(36-25)13-2-6-15(7-3-13)35-16-8-4-14(26)5-9-16/h2-11,18,22H,12H2,1H3,(H,29,33)(H,30,32)/t18?,22-/m1/s1. The summed E-state index contributed by atoms with van der Waals surface area (Å²) in [7, 11) is 1.31. The van der Waals surface area contributed by atoms with Crippen molar-refractivity contribution in [2.45, 2.75) is 12.0 Å². The van der Waals surface area contributed by atoms with Crippen LogP contribution in [0.25, 0.3) is 11.5 Å². The van der Waals surface area contributed by atoms with Crippen molar-refractivity contribution in [3.63, 3.8) is 0 Å². The van der Waals surface area contributed by atoms with Gasteiger partial charge in [-0.05, 0) is 48.5 Å². The molecule has 1 amide bonds. The number of benzene rings is 3. The van der Waals surface area contributed by atoms with Gasteiger partial charge in [-0.15, -0.1) is 5.10 Å². The Kier molecular flexibility index (Phi) is 6.43. The molecule has 8 nitrogen and oxygen atoms in total. The lowest BCUT2D eigenvalue weighted by Crippen LogP contribution is -2.33. The number of ether oxygens (including phenoxy) is 2. The minimum Gasteiger partial charge on any atom is -0.497 e. The third kappa shape index (κ3) is 4.80. The van der Waals surface area contributed by atoms with Crippen LogP contribution in [0.2, 0.25) is 5.02 Å². The monoisotopic (exact) mass is 512 g/mol. The van der Waals surface area contributed by atoms with Crippen molar-refractivity contribution in [1.82, 2.24) is 15.5 Å². The first-order valence-electron chi connectivity index (χ1n) is 10.9. The van der Waals surface area contributed by atoms with E-state index in [2.05, 4.69) is 20.8 Å². The molecule has 2 heterocycles. The average molecular weight is 513 g/mol. The number of anilines is 1. The van der Waals surface area contributed by atoms with Crippen LogP contribution in [-0.4, -0.2) is 35.8 Å². The molecule has 11 heteroatoms. The summed E-state index contributed by atoms with van der Waals surface area (Å²) < 4.78 is 45.6. The number of hydrogen-bond acceptors (Lipinski definition) is 7. The minimum absolute atomic E-state index is 0.0345. The zero-order valence-electron chi connectivity index (χ0n) is 18.8. The third-order valence-electron chi connectivity index (χ3n) is 5.69. The van der Waals surface area contributed by atoms with E-state index in [-0.39, 0.29) is 29.8 Å². The minimum atomic E-state index is -1.02. The van der Waals surface area contributed by atoms with Crippen molar-refractivity contribution in [2.75, 3.05) is 19.0 Å². The Bertz CT molecular complexity index is 1370. The maximum atomic E-state index is 14.6. The maximum absolute atomic E-state index is 14.6. The fraction of sp³-hybridized carbons (Fsp3) is 0.160. The Morgan fingerprint density at radius 3 is 2.28 bits per heavy atom. The van der Waals surface area contributed by atoms with Crippen LogP contribution < -0.4 is 20.1 Å². The van der Waals surface area contributed by atoms with Crippen LogP contribution >= 0.6 is 11.6 Å². The molecule has 1 aliphatic rings. The van der Waals surface area contributed by atoms with E-state index in [0.29, 0.717) is 22.1 Å². The number of hydrogen-bond donors (Lipinski definition) is 2. The topological polar surface area (TPSA) is 98.5 Å². The Morgan fingerprint density at radius 2 is 1.64 bits per heavy atom. The summed E-state index contributed by atoms with van der Waals surface area (Å²) in [5.74, 6) is -1.46. The van der Waals surface area contributed by atoms with Gasteiger partial charge in [0.1, 0.15) is 34.9 Å². The Balaban J connectivity index is 1.31. The average Bonchev–Trinajstić information content (AvgIpc) is 3.48. The number of amides is 1. The molecule has 0 bridgehead atoms. The summed E-state index contributed by atoms with van der Waals surface area (Å²) in [6.45, 7) is 0.0345. The fourth-order valence-corrected chi connectivity index (χ4v) is 4.05. The smallest absolute Gasteiger partial charge is 0.316 e. The second kappa shape index (κ2) is 9.82. The van der Waals surface area contributed by atoms with Gasteiger partial charge in [0.2, 0.25) is 11.8 Å². The quantitative estimate of drug-likeness (QED) is 0.353. The molecule has 184 valence electrons. The number of nitrogens with zero attached hydrogens (tertiary/aromatic N) is 2. The lowest BCUT2D eigenvalue weighted by Gasteiger charge is -2.19. The molecular formula is C25H19ClF2N4O4. The predicted molar refractivity (Wildman–Crippen MR) is 127 cm³/mol. The number of rotatable bonds is 7. The second-order valence-electron chi connectivity index (χ2n) is 7.97. The fourth-order valence-electron chi connectivity index (χ4n) is 3.92. The first-order chi connectivity index (χ1) is 17.4. The molecule has 2 N–H and O–H groups in total. The van der Waals surface area contributed by atoms with Crippen molar-refractivity contribution in [1.29, 1.82) is 0 Å². The van der Waals surface area contributed by atoms with Gasteiger partial charge in [0, 0.05) is 40.7 Å². The maximum Gasteiger partial charge on any atom is 0.316 e. The number of carbonyl (C=O) groups is 1. The zero-order chi connectivity index (χ0) is 25.2. The molecule has 1 aliphatic heterocycles. The molecule has 0 spiro atoms. The Morgan fingerprint density at radius 1 is 1.00 bits per heavy atom. The van der Waals surface area contributed by atoms with E-state index < -0.39 is 29.5 Å². The van der Waals surface area contributed by atoms with Crippen LogP contribution in [0.1, 0.15) is 11.5 Å². The molecule has 3 aromatic carbocycles. The summed E-state index contributed by atoms with van der Waals surface area (Å²) in [5.41, 5.74) is 0.376. The summed E-state index contributed by atoms with van der Waals surface area (Å²) in [4.78, 5) is 12.4. The number of halogens is 3. The van der Waals surface area contributed by atoms with Gasteiger partial charge in [-0.2, -0.15) is 0 Å². The largest absolute Gasteiger partial charge is 0.497 e. The zero-order valence-corrected chi connectivity index (χ0v) is 19.6. The van der Waals surface area contributed by atoms with Gasteiger partial charge in [-0.3, -0.25) is 4.79 Å². The Labute approximate surface area is 209 Å². The summed E-state index contributed by atoms with van der Waals surface area (Å²) in [6, 6.07) is 14.9. The SMILES string of the molecule is COc1cc(F)c(C2CNC(=O)[C@@H]2Nc2nnc(-c3ccc(Oc4ccc(Cl)cc4)cc3)o2)c(F)c1. The van der Waals surface area contributed by atoms with Crippen molar-refractivity contribution < 1.29 is 27.5 Å². The van der Waals surface area contributed by atoms with Crippen LogP contribution in [0.15, 0.2) is 65.1 Å². The van der Waals surface area contributed by atoms with Crippen LogP contribution in [0.3, 0.4) is 0 Å².